The first kappa shape index (κ1) is 13.0. The number of anilines is 1. The second-order valence-corrected chi connectivity index (χ2v) is 6.85. The van der Waals surface area contributed by atoms with Crippen LogP contribution in [0.3, 0.4) is 0 Å². The molecule has 1 amide bonds. The molecule has 0 unspecified atom stereocenters. The predicted octanol–water partition coefficient (Wildman–Crippen LogP) is 3.28. The van der Waals surface area contributed by atoms with Gasteiger partial charge < -0.3 is 10.6 Å². The van der Waals surface area contributed by atoms with Gasteiger partial charge in [0.15, 0.2) is 0 Å². The number of fused-ring (bicyclic) bond motifs is 1. The van der Waals surface area contributed by atoms with E-state index >= 15 is 0 Å². The Labute approximate surface area is 118 Å². The number of rotatable bonds is 2. The number of carbonyl (C=O) groups is 1. The van der Waals surface area contributed by atoms with E-state index in [1.807, 2.05) is 0 Å². The van der Waals surface area contributed by atoms with Crippen molar-refractivity contribution in [1.29, 1.82) is 0 Å². The standard InChI is InChI=1S/C15H22N2OS/c1-17-9-5-8-11-12(10-6-3-2-4-7-10)13(14(16)18)19-15(11)17/h10H,2-9H2,1H3,(H2,16,18). The third-order valence-corrected chi connectivity index (χ3v) is 5.91. The Balaban J connectivity index is 2.06. The number of amides is 1. The summed E-state index contributed by atoms with van der Waals surface area (Å²) in [5.41, 5.74) is 8.38. The van der Waals surface area contributed by atoms with E-state index in [0.717, 1.165) is 17.8 Å². The molecule has 0 aromatic carbocycles. The lowest BCUT2D eigenvalue weighted by Gasteiger charge is -2.28. The minimum Gasteiger partial charge on any atom is -0.366 e. The number of carbonyl (C=O) groups excluding carboxylic acids is 1. The van der Waals surface area contributed by atoms with Crippen LogP contribution in [0.15, 0.2) is 0 Å². The zero-order valence-corrected chi connectivity index (χ0v) is 12.4. The number of thiophene rings is 1. The molecule has 4 heteroatoms. The zero-order valence-electron chi connectivity index (χ0n) is 11.6. The van der Waals surface area contributed by atoms with Crippen LogP contribution in [0.2, 0.25) is 0 Å². The Bertz CT molecular complexity index is 489. The summed E-state index contributed by atoms with van der Waals surface area (Å²) in [6, 6.07) is 0. The van der Waals surface area contributed by atoms with Crippen LogP contribution in [-0.2, 0) is 6.42 Å². The molecule has 3 nitrogen and oxygen atoms in total. The molecule has 104 valence electrons. The van der Waals surface area contributed by atoms with Gasteiger partial charge in [0.05, 0.1) is 9.88 Å². The number of hydrogen-bond acceptors (Lipinski definition) is 3. The van der Waals surface area contributed by atoms with E-state index in [1.165, 1.54) is 54.7 Å². The lowest BCUT2D eigenvalue weighted by molar-refractivity contribution is 0.100. The van der Waals surface area contributed by atoms with Crippen molar-refractivity contribution in [1.82, 2.24) is 0 Å². The van der Waals surface area contributed by atoms with E-state index in [4.69, 9.17) is 5.73 Å². The van der Waals surface area contributed by atoms with Gasteiger partial charge in [-0.3, -0.25) is 4.79 Å². The SMILES string of the molecule is CN1CCCc2c1sc(C(N)=O)c2C1CCCCC1. The van der Waals surface area contributed by atoms with Crippen molar-refractivity contribution in [2.45, 2.75) is 50.9 Å². The molecule has 1 aromatic heterocycles. The molecule has 2 N–H and O–H groups in total. The quantitative estimate of drug-likeness (QED) is 0.902. The van der Waals surface area contributed by atoms with Crippen molar-refractivity contribution < 1.29 is 4.79 Å². The summed E-state index contributed by atoms with van der Waals surface area (Å²) >= 11 is 1.62. The average Bonchev–Trinajstić information content (AvgIpc) is 2.81. The molecule has 0 atom stereocenters. The van der Waals surface area contributed by atoms with E-state index < -0.39 is 0 Å². The van der Waals surface area contributed by atoms with Crippen LogP contribution < -0.4 is 10.6 Å². The minimum absolute atomic E-state index is 0.228. The monoisotopic (exact) mass is 278 g/mol. The van der Waals surface area contributed by atoms with Gasteiger partial charge in [0.2, 0.25) is 0 Å². The summed E-state index contributed by atoms with van der Waals surface area (Å²) in [5.74, 6) is 0.344. The van der Waals surface area contributed by atoms with Gasteiger partial charge in [0.25, 0.3) is 5.91 Å². The molecule has 1 aliphatic heterocycles. The van der Waals surface area contributed by atoms with Gasteiger partial charge in [0, 0.05) is 13.6 Å². The highest BCUT2D eigenvalue weighted by molar-refractivity contribution is 7.18. The number of primary amides is 1. The molecule has 0 bridgehead atoms. The molecular formula is C15H22N2OS. The Hall–Kier alpha value is -1.03. The average molecular weight is 278 g/mol. The van der Waals surface area contributed by atoms with Crippen molar-refractivity contribution in [2.75, 3.05) is 18.5 Å². The van der Waals surface area contributed by atoms with E-state index in [2.05, 4.69) is 11.9 Å². The van der Waals surface area contributed by atoms with Crippen LogP contribution >= 0.6 is 11.3 Å². The Kier molecular flexibility index (Phi) is 3.52. The second kappa shape index (κ2) is 5.16. The third-order valence-electron chi connectivity index (χ3n) is 4.53. The van der Waals surface area contributed by atoms with Gasteiger partial charge in [-0.1, -0.05) is 19.3 Å². The molecule has 19 heavy (non-hydrogen) atoms. The highest BCUT2D eigenvalue weighted by Gasteiger charge is 2.30. The summed E-state index contributed by atoms with van der Waals surface area (Å²) in [7, 11) is 2.13. The molecule has 0 spiro atoms. The molecule has 1 aliphatic carbocycles. The fraction of sp³-hybridized carbons (Fsp3) is 0.667. The maximum absolute atomic E-state index is 11.8. The van der Waals surface area contributed by atoms with Crippen LogP contribution in [0.4, 0.5) is 5.00 Å². The van der Waals surface area contributed by atoms with Gasteiger partial charge >= 0.3 is 0 Å². The fourth-order valence-corrected chi connectivity index (χ4v) is 4.89. The predicted molar refractivity (Wildman–Crippen MR) is 80.3 cm³/mol. The molecule has 2 aliphatic rings. The fourth-order valence-electron chi connectivity index (χ4n) is 3.62. The summed E-state index contributed by atoms with van der Waals surface area (Å²) in [4.78, 5) is 14.9. The van der Waals surface area contributed by atoms with Gasteiger partial charge in [-0.25, -0.2) is 0 Å². The largest absolute Gasteiger partial charge is 0.366 e. The molecule has 1 saturated carbocycles. The number of nitrogens with two attached hydrogens (primary N) is 1. The molecule has 0 radical (unpaired) electrons. The Morgan fingerprint density at radius 3 is 2.68 bits per heavy atom. The molecule has 2 heterocycles. The van der Waals surface area contributed by atoms with Crippen LogP contribution in [0.25, 0.3) is 0 Å². The zero-order chi connectivity index (χ0) is 13.4. The van der Waals surface area contributed by atoms with Crippen molar-refractivity contribution in [3.8, 4) is 0 Å². The first-order valence-electron chi connectivity index (χ1n) is 7.35. The number of nitrogens with zero attached hydrogens (tertiary/aromatic N) is 1. The molecule has 1 fully saturated rings. The number of hydrogen-bond donors (Lipinski definition) is 1. The molecule has 0 saturated heterocycles. The van der Waals surface area contributed by atoms with E-state index in [9.17, 15) is 4.79 Å². The second-order valence-electron chi connectivity index (χ2n) is 5.85. The van der Waals surface area contributed by atoms with E-state index in [1.54, 1.807) is 11.3 Å². The lowest BCUT2D eigenvalue weighted by atomic mass is 9.81. The maximum Gasteiger partial charge on any atom is 0.259 e. The summed E-state index contributed by atoms with van der Waals surface area (Å²) < 4.78 is 0. The van der Waals surface area contributed by atoms with Crippen LogP contribution in [0.1, 0.15) is 65.2 Å². The molecular weight excluding hydrogens is 256 g/mol. The maximum atomic E-state index is 11.8. The molecule has 1 aromatic rings. The summed E-state index contributed by atoms with van der Waals surface area (Å²) in [6.07, 6.45) is 8.70. The first-order valence-corrected chi connectivity index (χ1v) is 8.16. The van der Waals surface area contributed by atoms with Gasteiger partial charge in [-0.05, 0) is 42.7 Å². The van der Waals surface area contributed by atoms with Crippen LogP contribution in [0, 0.1) is 0 Å². The topological polar surface area (TPSA) is 46.3 Å². The minimum atomic E-state index is -0.228. The van der Waals surface area contributed by atoms with Gasteiger partial charge in [0.1, 0.15) is 0 Å². The summed E-state index contributed by atoms with van der Waals surface area (Å²) in [5, 5.41) is 1.29. The van der Waals surface area contributed by atoms with Crippen molar-refractivity contribution in [2.24, 2.45) is 5.73 Å². The van der Waals surface area contributed by atoms with Crippen molar-refractivity contribution in [3.63, 3.8) is 0 Å². The third kappa shape index (κ3) is 2.27. The lowest BCUT2D eigenvalue weighted by Crippen LogP contribution is -2.24. The van der Waals surface area contributed by atoms with Crippen molar-refractivity contribution in [3.05, 3.63) is 16.0 Å². The van der Waals surface area contributed by atoms with Crippen LogP contribution in [-0.4, -0.2) is 19.5 Å². The highest BCUT2D eigenvalue weighted by atomic mass is 32.1. The van der Waals surface area contributed by atoms with E-state index in [-0.39, 0.29) is 5.91 Å². The molecule has 3 rings (SSSR count). The van der Waals surface area contributed by atoms with Crippen LogP contribution in [0.5, 0.6) is 0 Å². The summed E-state index contributed by atoms with van der Waals surface area (Å²) in [6.45, 7) is 1.09. The van der Waals surface area contributed by atoms with E-state index in [0.29, 0.717) is 5.92 Å². The normalized spacial score (nSPS) is 20.4. The van der Waals surface area contributed by atoms with Gasteiger partial charge in [-0.15, -0.1) is 11.3 Å². The van der Waals surface area contributed by atoms with Crippen molar-refractivity contribution >= 4 is 22.2 Å². The smallest absolute Gasteiger partial charge is 0.259 e. The van der Waals surface area contributed by atoms with Gasteiger partial charge in [-0.2, -0.15) is 0 Å². The Morgan fingerprint density at radius 1 is 1.26 bits per heavy atom. The highest BCUT2D eigenvalue weighted by Crippen LogP contribution is 2.46. The Morgan fingerprint density at radius 2 is 2.00 bits per heavy atom. The first-order chi connectivity index (χ1) is 9.18.